The SMILES string of the molecule is Cc1ccc2c(c1)[C@@H](NC(=O)NC[C@@](C)(O)c1ccco1)CCS2. The molecule has 0 saturated heterocycles. The number of hydrogen-bond acceptors (Lipinski definition) is 4. The number of hydrogen-bond donors (Lipinski definition) is 3. The van der Waals surface area contributed by atoms with E-state index in [0.29, 0.717) is 5.76 Å². The number of carbonyl (C=O) groups excluding carboxylic acids is 1. The van der Waals surface area contributed by atoms with Gasteiger partial charge in [0.25, 0.3) is 0 Å². The van der Waals surface area contributed by atoms with Gasteiger partial charge in [0.15, 0.2) is 0 Å². The van der Waals surface area contributed by atoms with Gasteiger partial charge in [-0.3, -0.25) is 0 Å². The van der Waals surface area contributed by atoms with E-state index >= 15 is 0 Å². The number of fused-ring (bicyclic) bond motifs is 1. The molecule has 128 valence electrons. The third-order valence-corrected chi connectivity index (χ3v) is 5.28. The molecule has 0 aliphatic carbocycles. The van der Waals surface area contributed by atoms with E-state index < -0.39 is 5.60 Å². The zero-order chi connectivity index (χ0) is 17.2. The van der Waals surface area contributed by atoms with Gasteiger partial charge < -0.3 is 20.2 Å². The Balaban J connectivity index is 1.61. The van der Waals surface area contributed by atoms with Crippen molar-refractivity contribution in [1.82, 2.24) is 10.6 Å². The number of rotatable bonds is 4. The van der Waals surface area contributed by atoms with Crippen LogP contribution < -0.4 is 10.6 Å². The molecule has 0 spiro atoms. The summed E-state index contributed by atoms with van der Waals surface area (Å²) < 4.78 is 5.22. The van der Waals surface area contributed by atoms with E-state index in [1.807, 2.05) is 11.8 Å². The van der Waals surface area contributed by atoms with Gasteiger partial charge in [-0.1, -0.05) is 17.7 Å². The summed E-state index contributed by atoms with van der Waals surface area (Å²) in [7, 11) is 0. The molecule has 0 unspecified atom stereocenters. The van der Waals surface area contributed by atoms with E-state index in [1.165, 1.54) is 22.3 Å². The highest BCUT2D eigenvalue weighted by atomic mass is 32.2. The van der Waals surface area contributed by atoms with Crippen molar-refractivity contribution in [1.29, 1.82) is 0 Å². The van der Waals surface area contributed by atoms with Crippen molar-refractivity contribution >= 4 is 17.8 Å². The minimum atomic E-state index is -1.24. The fourth-order valence-electron chi connectivity index (χ4n) is 2.80. The molecule has 2 amide bonds. The first kappa shape index (κ1) is 16.9. The highest BCUT2D eigenvalue weighted by Gasteiger charge is 2.28. The first-order valence-corrected chi connectivity index (χ1v) is 8.98. The molecule has 1 aromatic carbocycles. The summed E-state index contributed by atoms with van der Waals surface area (Å²) >= 11 is 1.82. The van der Waals surface area contributed by atoms with Crippen LogP contribution in [0.1, 0.15) is 36.3 Å². The van der Waals surface area contributed by atoms with Crippen molar-refractivity contribution < 1.29 is 14.3 Å². The Bertz CT molecular complexity index is 713. The Morgan fingerprint density at radius 2 is 2.29 bits per heavy atom. The fourth-order valence-corrected chi connectivity index (χ4v) is 3.90. The van der Waals surface area contributed by atoms with Gasteiger partial charge in [-0.05, 0) is 44.0 Å². The molecule has 3 N–H and O–H groups in total. The van der Waals surface area contributed by atoms with E-state index in [1.54, 1.807) is 19.1 Å². The van der Waals surface area contributed by atoms with Crippen molar-refractivity contribution in [2.75, 3.05) is 12.3 Å². The number of aliphatic hydroxyl groups is 1. The molecule has 0 radical (unpaired) electrons. The first-order valence-electron chi connectivity index (χ1n) is 8.00. The third kappa shape index (κ3) is 3.76. The molecule has 1 aliphatic rings. The molecule has 0 fully saturated rings. The normalized spacial score (nSPS) is 19.2. The van der Waals surface area contributed by atoms with E-state index in [2.05, 4.69) is 35.8 Å². The number of thioether (sulfide) groups is 1. The monoisotopic (exact) mass is 346 g/mol. The Morgan fingerprint density at radius 3 is 3.04 bits per heavy atom. The van der Waals surface area contributed by atoms with Crippen LogP contribution in [0.3, 0.4) is 0 Å². The molecule has 1 aromatic heterocycles. The van der Waals surface area contributed by atoms with Gasteiger partial charge in [0.05, 0.1) is 18.8 Å². The van der Waals surface area contributed by atoms with Crippen molar-refractivity contribution in [3.63, 3.8) is 0 Å². The first-order chi connectivity index (χ1) is 11.5. The molecule has 0 saturated carbocycles. The summed E-state index contributed by atoms with van der Waals surface area (Å²) in [5.74, 6) is 1.41. The van der Waals surface area contributed by atoms with E-state index in [4.69, 9.17) is 4.42 Å². The highest BCUT2D eigenvalue weighted by Crippen LogP contribution is 2.36. The average molecular weight is 346 g/mol. The van der Waals surface area contributed by atoms with E-state index in [0.717, 1.165) is 12.2 Å². The van der Waals surface area contributed by atoms with Gasteiger partial charge in [-0.15, -0.1) is 11.8 Å². The van der Waals surface area contributed by atoms with Crippen LogP contribution in [0, 0.1) is 6.92 Å². The van der Waals surface area contributed by atoms with Gasteiger partial charge in [0.1, 0.15) is 11.4 Å². The summed E-state index contributed by atoms with van der Waals surface area (Å²) in [4.78, 5) is 13.5. The maximum absolute atomic E-state index is 12.3. The molecule has 5 nitrogen and oxygen atoms in total. The molecule has 2 atom stereocenters. The number of nitrogens with one attached hydrogen (secondary N) is 2. The number of urea groups is 1. The molecule has 1 aliphatic heterocycles. The minimum absolute atomic E-state index is 0.00490. The molecule has 3 rings (SSSR count). The van der Waals surface area contributed by atoms with Crippen LogP contribution >= 0.6 is 11.8 Å². The second-order valence-corrected chi connectivity index (χ2v) is 7.45. The second-order valence-electron chi connectivity index (χ2n) is 6.31. The summed E-state index contributed by atoms with van der Waals surface area (Å²) in [5.41, 5.74) is 1.11. The van der Waals surface area contributed by atoms with Crippen LogP contribution in [0.4, 0.5) is 4.79 Å². The van der Waals surface area contributed by atoms with Crippen LogP contribution in [-0.4, -0.2) is 23.4 Å². The smallest absolute Gasteiger partial charge is 0.315 e. The maximum atomic E-state index is 12.3. The van der Waals surface area contributed by atoms with Gasteiger partial charge >= 0.3 is 6.03 Å². The summed E-state index contributed by atoms with van der Waals surface area (Å²) in [6.45, 7) is 3.74. The summed E-state index contributed by atoms with van der Waals surface area (Å²) in [6.07, 6.45) is 2.39. The Hall–Kier alpha value is -1.92. The number of benzene rings is 1. The maximum Gasteiger partial charge on any atom is 0.315 e. The molecule has 6 heteroatoms. The van der Waals surface area contributed by atoms with Gasteiger partial charge in [-0.25, -0.2) is 4.79 Å². The number of amides is 2. The summed E-state index contributed by atoms with van der Waals surface area (Å²) in [6, 6.07) is 9.45. The van der Waals surface area contributed by atoms with E-state index in [9.17, 15) is 9.90 Å². The van der Waals surface area contributed by atoms with Crippen molar-refractivity contribution in [2.24, 2.45) is 0 Å². The molecule has 2 aromatic rings. The minimum Gasteiger partial charge on any atom is -0.466 e. The lowest BCUT2D eigenvalue weighted by Gasteiger charge is -2.27. The lowest BCUT2D eigenvalue weighted by atomic mass is 10.0. The molecular formula is C18H22N2O3S. The molecule has 2 heterocycles. The fraction of sp³-hybridized carbons (Fsp3) is 0.389. The van der Waals surface area contributed by atoms with E-state index in [-0.39, 0.29) is 18.6 Å². The van der Waals surface area contributed by atoms with Crippen LogP contribution in [0.5, 0.6) is 0 Å². The predicted octanol–water partition coefficient (Wildman–Crippen LogP) is 3.33. The lowest BCUT2D eigenvalue weighted by molar-refractivity contribution is 0.0366. The van der Waals surface area contributed by atoms with Crippen molar-refractivity contribution in [3.8, 4) is 0 Å². The number of furan rings is 1. The van der Waals surface area contributed by atoms with Gasteiger partial charge in [-0.2, -0.15) is 0 Å². The zero-order valence-electron chi connectivity index (χ0n) is 13.8. The molecule has 0 bridgehead atoms. The van der Waals surface area contributed by atoms with Gasteiger partial charge in [0.2, 0.25) is 0 Å². The standard InChI is InChI=1S/C18H22N2O3S/c1-12-5-6-15-13(10-12)14(7-9-24-15)20-17(21)19-11-18(2,22)16-4-3-8-23-16/h3-6,8,10,14,22H,7,9,11H2,1-2H3,(H2,19,20,21)/t14-,18+/m0/s1. The Kier molecular flexibility index (Phi) is 4.87. The van der Waals surface area contributed by atoms with Crippen LogP contribution in [0.15, 0.2) is 45.9 Å². The topological polar surface area (TPSA) is 74.5 Å². The average Bonchev–Trinajstić information content (AvgIpc) is 3.09. The Morgan fingerprint density at radius 1 is 1.46 bits per heavy atom. The second kappa shape index (κ2) is 6.91. The summed E-state index contributed by atoms with van der Waals surface area (Å²) in [5, 5.41) is 16.1. The number of carbonyl (C=O) groups is 1. The van der Waals surface area contributed by atoms with Gasteiger partial charge in [0, 0.05) is 10.6 Å². The molecular weight excluding hydrogens is 324 g/mol. The molecule has 24 heavy (non-hydrogen) atoms. The Labute approximate surface area is 145 Å². The van der Waals surface area contributed by atoms with Crippen LogP contribution in [0.2, 0.25) is 0 Å². The van der Waals surface area contributed by atoms with Crippen LogP contribution in [0.25, 0.3) is 0 Å². The van der Waals surface area contributed by atoms with Crippen LogP contribution in [-0.2, 0) is 5.60 Å². The largest absolute Gasteiger partial charge is 0.466 e. The third-order valence-electron chi connectivity index (χ3n) is 4.16. The predicted molar refractivity (Wildman–Crippen MR) is 94.1 cm³/mol. The lowest BCUT2D eigenvalue weighted by Crippen LogP contribution is -2.44. The zero-order valence-corrected chi connectivity index (χ0v) is 14.7. The van der Waals surface area contributed by atoms with Crippen molar-refractivity contribution in [3.05, 3.63) is 53.5 Å². The quantitative estimate of drug-likeness (QED) is 0.794. The van der Waals surface area contributed by atoms with Crippen molar-refractivity contribution in [2.45, 2.75) is 36.8 Å². The highest BCUT2D eigenvalue weighted by molar-refractivity contribution is 7.99. The number of aryl methyl sites for hydroxylation is 1.